The van der Waals surface area contributed by atoms with Crippen LogP contribution >= 0.6 is 0 Å². The molecule has 0 saturated carbocycles. The Bertz CT molecular complexity index is 253. The van der Waals surface area contributed by atoms with Crippen molar-refractivity contribution < 1.29 is 19.4 Å². The first-order valence-electron chi connectivity index (χ1n) is 4.86. The summed E-state index contributed by atoms with van der Waals surface area (Å²) in [7, 11) is 0. The molecule has 0 radical (unpaired) electrons. The normalized spacial score (nSPS) is 11.9. The van der Waals surface area contributed by atoms with E-state index in [0.29, 0.717) is 0 Å². The lowest BCUT2D eigenvalue weighted by Gasteiger charge is -2.22. The smallest absolute Gasteiger partial charge is 0.164 e. The Morgan fingerprint density at radius 2 is 1.93 bits per heavy atom. The van der Waals surface area contributed by atoms with Gasteiger partial charge in [0.05, 0.1) is 12.9 Å². The van der Waals surface area contributed by atoms with Gasteiger partial charge in [0.2, 0.25) is 0 Å². The van der Waals surface area contributed by atoms with Crippen molar-refractivity contribution in [1.29, 1.82) is 0 Å². The average molecular weight is 214 g/mol. The van der Waals surface area contributed by atoms with E-state index in [4.69, 9.17) is 9.84 Å². The van der Waals surface area contributed by atoms with Gasteiger partial charge in [0.1, 0.15) is 11.4 Å². The predicted molar refractivity (Wildman–Crippen MR) is 56.7 cm³/mol. The third-order valence-electron chi connectivity index (χ3n) is 2.02. The van der Waals surface area contributed by atoms with E-state index >= 15 is 0 Å². The molecule has 4 nitrogen and oxygen atoms in total. The highest BCUT2D eigenvalue weighted by molar-refractivity contribution is 5.90. The second-order valence-corrected chi connectivity index (χ2v) is 3.83. The summed E-state index contributed by atoms with van der Waals surface area (Å²) in [5.74, 6) is -0.113. The maximum Gasteiger partial charge on any atom is 0.164 e. The summed E-state index contributed by atoms with van der Waals surface area (Å²) >= 11 is 0. The molecule has 0 spiro atoms. The van der Waals surface area contributed by atoms with Crippen LogP contribution in [0.5, 0.6) is 0 Å². The molecular formula is C11H18O4. The number of rotatable bonds is 7. The fourth-order valence-electron chi connectivity index (χ4n) is 0.971. The lowest BCUT2D eigenvalue weighted by atomic mass is 9.98. The molecule has 0 heterocycles. The van der Waals surface area contributed by atoms with Crippen LogP contribution in [0, 0.1) is 0 Å². The van der Waals surface area contributed by atoms with E-state index in [1.54, 1.807) is 13.8 Å². The molecule has 0 atom stereocenters. The van der Waals surface area contributed by atoms with E-state index in [1.807, 2.05) is 0 Å². The second-order valence-electron chi connectivity index (χ2n) is 3.83. The van der Waals surface area contributed by atoms with Gasteiger partial charge < -0.3 is 14.6 Å². The van der Waals surface area contributed by atoms with E-state index in [0.717, 1.165) is 6.26 Å². The largest absolute Gasteiger partial charge is 0.516 e. The Kier molecular flexibility index (Phi) is 5.86. The summed E-state index contributed by atoms with van der Waals surface area (Å²) < 4.78 is 5.26. The van der Waals surface area contributed by atoms with Crippen LogP contribution in [0.2, 0.25) is 0 Å². The first-order chi connectivity index (χ1) is 6.90. The standard InChI is InChI=1S/C11H18O4/c1-9(13)5-6-10(14)11(2,3)15-8-4-7-12/h4,7,12H,5-6,8H2,1-3H3/b7-4-. The van der Waals surface area contributed by atoms with Gasteiger partial charge in [-0.05, 0) is 26.8 Å². The van der Waals surface area contributed by atoms with Crippen LogP contribution in [0.25, 0.3) is 0 Å². The second kappa shape index (κ2) is 6.35. The maximum atomic E-state index is 11.6. The summed E-state index contributed by atoms with van der Waals surface area (Å²) in [6.45, 7) is 4.94. The van der Waals surface area contributed by atoms with Crippen molar-refractivity contribution in [3.8, 4) is 0 Å². The molecule has 0 rings (SSSR count). The summed E-state index contributed by atoms with van der Waals surface area (Å²) in [5.41, 5.74) is -0.908. The molecule has 0 fully saturated rings. The van der Waals surface area contributed by atoms with Crippen molar-refractivity contribution in [2.75, 3.05) is 6.61 Å². The number of ether oxygens (including phenoxy) is 1. The minimum absolute atomic E-state index is 0.00518. The number of ketones is 2. The zero-order valence-electron chi connectivity index (χ0n) is 9.45. The Labute approximate surface area is 89.9 Å². The van der Waals surface area contributed by atoms with Gasteiger partial charge in [-0.15, -0.1) is 0 Å². The number of carbonyl (C=O) groups excluding carboxylic acids is 2. The highest BCUT2D eigenvalue weighted by Crippen LogP contribution is 2.14. The van der Waals surface area contributed by atoms with Crippen LogP contribution < -0.4 is 0 Å². The van der Waals surface area contributed by atoms with Crippen LogP contribution in [0.4, 0.5) is 0 Å². The molecule has 0 aliphatic rings. The molecule has 0 aromatic carbocycles. The fraction of sp³-hybridized carbons (Fsp3) is 0.636. The predicted octanol–water partition coefficient (Wildman–Crippen LogP) is 1.79. The quantitative estimate of drug-likeness (QED) is 0.656. The number of aliphatic hydroxyl groups is 1. The molecule has 0 amide bonds. The Hall–Kier alpha value is -1.16. The zero-order valence-corrected chi connectivity index (χ0v) is 9.45. The number of aliphatic hydroxyl groups excluding tert-OH is 1. The molecule has 0 aliphatic heterocycles. The molecule has 0 aromatic heterocycles. The van der Waals surface area contributed by atoms with Crippen LogP contribution in [-0.4, -0.2) is 28.9 Å². The summed E-state index contributed by atoms with van der Waals surface area (Å²) in [4.78, 5) is 22.3. The van der Waals surface area contributed by atoms with Gasteiger partial charge in [-0.3, -0.25) is 4.79 Å². The van der Waals surface area contributed by atoms with Gasteiger partial charge in [0.15, 0.2) is 5.78 Å². The first kappa shape index (κ1) is 13.8. The Morgan fingerprint density at radius 1 is 1.33 bits per heavy atom. The molecule has 0 aromatic rings. The zero-order chi connectivity index (χ0) is 11.9. The fourth-order valence-corrected chi connectivity index (χ4v) is 0.971. The monoisotopic (exact) mass is 214 g/mol. The summed E-state index contributed by atoms with van der Waals surface area (Å²) in [6.07, 6.45) is 2.72. The van der Waals surface area contributed by atoms with Crippen molar-refractivity contribution in [1.82, 2.24) is 0 Å². The Balaban J connectivity index is 4.07. The molecule has 1 N–H and O–H groups in total. The summed E-state index contributed by atoms with van der Waals surface area (Å²) in [5, 5.41) is 8.39. The van der Waals surface area contributed by atoms with Gasteiger partial charge in [-0.25, -0.2) is 0 Å². The molecule has 4 heteroatoms. The number of Topliss-reactive ketones (excluding diaryl/α,β-unsaturated/α-hetero) is 2. The lowest BCUT2D eigenvalue weighted by Crippen LogP contribution is -2.35. The molecule has 0 aliphatic carbocycles. The van der Waals surface area contributed by atoms with Gasteiger partial charge in [-0.1, -0.05) is 0 Å². The summed E-state index contributed by atoms with van der Waals surface area (Å²) in [6, 6.07) is 0. The van der Waals surface area contributed by atoms with Crippen molar-refractivity contribution in [3.63, 3.8) is 0 Å². The molecule has 86 valence electrons. The molecular weight excluding hydrogens is 196 g/mol. The van der Waals surface area contributed by atoms with Crippen LogP contribution in [0.3, 0.4) is 0 Å². The maximum absolute atomic E-state index is 11.6. The highest BCUT2D eigenvalue weighted by atomic mass is 16.5. The SMILES string of the molecule is CC(=O)CCC(=O)C(C)(C)OC/C=C\O. The van der Waals surface area contributed by atoms with E-state index in [-0.39, 0.29) is 31.0 Å². The van der Waals surface area contributed by atoms with Crippen LogP contribution in [0.1, 0.15) is 33.6 Å². The third kappa shape index (κ3) is 6.01. The lowest BCUT2D eigenvalue weighted by molar-refractivity contribution is -0.140. The number of carbonyl (C=O) groups is 2. The van der Waals surface area contributed by atoms with Crippen LogP contribution in [-0.2, 0) is 14.3 Å². The number of hydrogen-bond donors (Lipinski definition) is 1. The molecule has 0 unspecified atom stereocenters. The third-order valence-corrected chi connectivity index (χ3v) is 2.02. The van der Waals surface area contributed by atoms with Gasteiger partial charge in [0, 0.05) is 12.8 Å². The van der Waals surface area contributed by atoms with Gasteiger partial charge >= 0.3 is 0 Å². The van der Waals surface area contributed by atoms with Crippen LogP contribution in [0.15, 0.2) is 12.3 Å². The van der Waals surface area contributed by atoms with E-state index in [1.165, 1.54) is 13.0 Å². The average Bonchev–Trinajstić information content (AvgIpc) is 2.14. The highest BCUT2D eigenvalue weighted by Gasteiger charge is 2.27. The minimum Gasteiger partial charge on any atom is -0.516 e. The first-order valence-corrected chi connectivity index (χ1v) is 4.86. The van der Waals surface area contributed by atoms with Crippen molar-refractivity contribution in [2.24, 2.45) is 0 Å². The van der Waals surface area contributed by atoms with E-state index in [9.17, 15) is 9.59 Å². The van der Waals surface area contributed by atoms with E-state index in [2.05, 4.69) is 0 Å². The van der Waals surface area contributed by atoms with Crippen molar-refractivity contribution in [3.05, 3.63) is 12.3 Å². The Morgan fingerprint density at radius 3 is 2.40 bits per heavy atom. The van der Waals surface area contributed by atoms with E-state index < -0.39 is 5.60 Å². The van der Waals surface area contributed by atoms with Gasteiger partial charge in [-0.2, -0.15) is 0 Å². The molecule has 15 heavy (non-hydrogen) atoms. The number of hydrogen-bond acceptors (Lipinski definition) is 4. The molecule has 0 bridgehead atoms. The van der Waals surface area contributed by atoms with Crippen molar-refractivity contribution >= 4 is 11.6 Å². The molecule has 0 saturated heterocycles. The van der Waals surface area contributed by atoms with Crippen molar-refractivity contribution in [2.45, 2.75) is 39.2 Å². The van der Waals surface area contributed by atoms with Gasteiger partial charge in [0.25, 0.3) is 0 Å². The minimum atomic E-state index is -0.908. The topological polar surface area (TPSA) is 63.6 Å².